The molecule has 4 nitrogen and oxygen atoms in total. The molecule has 0 bridgehead atoms. The standard InChI is InChI=1S/C6H9N3O/c1-4(7)3-6-9-8-5(2)10-6/h3H,7H2,1-2H3/b4-3+. The average molecular weight is 139 g/mol. The van der Waals surface area contributed by atoms with Crippen LogP contribution < -0.4 is 5.73 Å². The van der Waals surface area contributed by atoms with Gasteiger partial charge in [0.05, 0.1) is 0 Å². The van der Waals surface area contributed by atoms with E-state index in [0.29, 0.717) is 17.5 Å². The topological polar surface area (TPSA) is 64.9 Å². The smallest absolute Gasteiger partial charge is 0.242 e. The van der Waals surface area contributed by atoms with Gasteiger partial charge >= 0.3 is 0 Å². The largest absolute Gasteiger partial charge is 0.422 e. The molecule has 10 heavy (non-hydrogen) atoms. The van der Waals surface area contributed by atoms with E-state index in [4.69, 9.17) is 10.2 Å². The molecule has 0 aliphatic carbocycles. The van der Waals surface area contributed by atoms with Crippen LogP contribution >= 0.6 is 0 Å². The number of hydrogen-bond acceptors (Lipinski definition) is 4. The molecule has 0 fully saturated rings. The van der Waals surface area contributed by atoms with Gasteiger partial charge < -0.3 is 10.2 Å². The first kappa shape index (κ1) is 6.80. The van der Waals surface area contributed by atoms with Gasteiger partial charge in [0.15, 0.2) is 0 Å². The van der Waals surface area contributed by atoms with Gasteiger partial charge in [-0.2, -0.15) is 0 Å². The summed E-state index contributed by atoms with van der Waals surface area (Å²) in [5.74, 6) is 1.00. The van der Waals surface area contributed by atoms with Gasteiger partial charge in [-0.05, 0) is 6.92 Å². The van der Waals surface area contributed by atoms with Crippen LogP contribution in [-0.2, 0) is 0 Å². The van der Waals surface area contributed by atoms with Crippen LogP contribution in [0, 0.1) is 6.92 Å². The first-order valence-electron chi connectivity index (χ1n) is 2.92. The molecule has 0 atom stereocenters. The quantitative estimate of drug-likeness (QED) is 0.621. The number of aryl methyl sites for hydroxylation is 1. The van der Waals surface area contributed by atoms with Crippen LogP contribution in [0.5, 0.6) is 0 Å². The van der Waals surface area contributed by atoms with Crippen molar-refractivity contribution in [1.29, 1.82) is 0 Å². The predicted octanol–water partition coefficient (Wildman–Crippen LogP) is 0.698. The van der Waals surface area contributed by atoms with Crippen LogP contribution in [0.2, 0.25) is 0 Å². The Morgan fingerprint density at radius 1 is 1.60 bits per heavy atom. The summed E-state index contributed by atoms with van der Waals surface area (Å²) in [4.78, 5) is 0. The maximum absolute atomic E-state index is 5.37. The molecule has 0 saturated carbocycles. The second-order valence-electron chi connectivity index (χ2n) is 2.05. The van der Waals surface area contributed by atoms with Crippen LogP contribution in [0.4, 0.5) is 0 Å². The number of aromatic nitrogens is 2. The van der Waals surface area contributed by atoms with Gasteiger partial charge in [-0.25, -0.2) is 0 Å². The second kappa shape index (κ2) is 2.51. The molecular formula is C6H9N3O. The summed E-state index contributed by atoms with van der Waals surface area (Å²) in [5.41, 5.74) is 6.02. The molecule has 0 spiro atoms. The van der Waals surface area contributed by atoms with Gasteiger partial charge in [-0.15, -0.1) is 10.2 Å². The molecule has 54 valence electrons. The highest BCUT2D eigenvalue weighted by Gasteiger charge is 1.95. The fourth-order valence-electron chi connectivity index (χ4n) is 0.565. The van der Waals surface area contributed by atoms with E-state index in [1.54, 1.807) is 19.9 Å². The number of nitrogens with two attached hydrogens (primary N) is 1. The summed E-state index contributed by atoms with van der Waals surface area (Å²) < 4.78 is 5.02. The van der Waals surface area contributed by atoms with Crippen molar-refractivity contribution in [2.45, 2.75) is 13.8 Å². The molecule has 0 aromatic carbocycles. The van der Waals surface area contributed by atoms with Crippen LogP contribution in [-0.4, -0.2) is 10.2 Å². The van der Waals surface area contributed by atoms with Crippen molar-refractivity contribution in [2.24, 2.45) is 5.73 Å². The van der Waals surface area contributed by atoms with Crippen molar-refractivity contribution in [1.82, 2.24) is 10.2 Å². The lowest BCUT2D eigenvalue weighted by molar-refractivity contribution is 0.509. The van der Waals surface area contributed by atoms with Crippen LogP contribution in [0.25, 0.3) is 6.08 Å². The van der Waals surface area contributed by atoms with Crippen molar-refractivity contribution in [3.63, 3.8) is 0 Å². The Bertz CT molecular complexity index is 247. The molecule has 1 aromatic rings. The van der Waals surface area contributed by atoms with Crippen molar-refractivity contribution in [2.75, 3.05) is 0 Å². The van der Waals surface area contributed by atoms with Crippen molar-refractivity contribution in [3.05, 3.63) is 17.5 Å². The number of nitrogens with zero attached hydrogens (tertiary/aromatic N) is 2. The molecule has 0 aliphatic heterocycles. The molecule has 0 amide bonds. The van der Waals surface area contributed by atoms with E-state index < -0.39 is 0 Å². The molecule has 0 saturated heterocycles. The maximum Gasteiger partial charge on any atom is 0.242 e. The molecule has 4 heteroatoms. The van der Waals surface area contributed by atoms with E-state index >= 15 is 0 Å². The third-order valence-corrected chi connectivity index (χ3v) is 0.893. The van der Waals surface area contributed by atoms with E-state index in [1.165, 1.54) is 0 Å². The molecule has 2 N–H and O–H groups in total. The lowest BCUT2D eigenvalue weighted by Crippen LogP contribution is -1.89. The van der Waals surface area contributed by atoms with Gasteiger partial charge in [-0.3, -0.25) is 0 Å². The Morgan fingerprint density at radius 2 is 2.30 bits per heavy atom. The van der Waals surface area contributed by atoms with Gasteiger partial charge in [0.25, 0.3) is 0 Å². The molecule has 1 aromatic heterocycles. The third kappa shape index (κ3) is 1.58. The minimum Gasteiger partial charge on any atom is -0.422 e. The van der Waals surface area contributed by atoms with Crippen molar-refractivity contribution in [3.8, 4) is 0 Å². The highest BCUT2D eigenvalue weighted by Crippen LogP contribution is 2.00. The second-order valence-corrected chi connectivity index (χ2v) is 2.05. The van der Waals surface area contributed by atoms with Gasteiger partial charge in [-0.1, -0.05) is 0 Å². The van der Waals surface area contributed by atoms with E-state index in [0.717, 1.165) is 0 Å². The highest BCUT2D eigenvalue weighted by molar-refractivity contribution is 5.40. The summed E-state index contributed by atoms with van der Waals surface area (Å²) >= 11 is 0. The fourth-order valence-corrected chi connectivity index (χ4v) is 0.565. The molecular weight excluding hydrogens is 130 g/mol. The Hall–Kier alpha value is -1.32. The van der Waals surface area contributed by atoms with Gasteiger partial charge in [0, 0.05) is 18.7 Å². The van der Waals surface area contributed by atoms with Crippen molar-refractivity contribution < 1.29 is 4.42 Å². The number of allylic oxidation sites excluding steroid dienone is 1. The van der Waals surface area contributed by atoms with E-state index in [9.17, 15) is 0 Å². The SMILES string of the molecule is C/C(N)=C\c1nnc(C)o1. The molecule has 0 radical (unpaired) electrons. The van der Waals surface area contributed by atoms with Crippen LogP contribution in [0.1, 0.15) is 18.7 Å². The Kier molecular flexibility index (Phi) is 1.71. The normalized spacial score (nSPS) is 12.0. The van der Waals surface area contributed by atoms with E-state index in [1.807, 2.05) is 0 Å². The highest BCUT2D eigenvalue weighted by atomic mass is 16.4. The summed E-state index contributed by atoms with van der Waals surface area (Å²) in [6.45, 7) is 3.50. The average Bonchev–Trinajstić information content (AvgIpc) is 2.13. The van der Waals surface area contributed by atoms with E-state index in [2.05, 4.69) is 10.2 Å². The fraction of sp³-hybridized carbons (Fsp3) is 0.333. The zero-order valence-corrected chi connectivity index (χ0v) is 5.96. The summed E-state index contributed by atoms with van der Waals surface area (Å²) in [6.07, 6.45) is 1.62. The number of hydrogen-bond donors (Lipinski definition) is 1. The van der Waals surface area contributed by atoms with Gasteiger partial charge in [0.2, 0.25) is 11.8 Å². The lowest BCUT2D eigenvalue weighted by Gasteiger charge is -1.83. The number of rotatable bonds is 1. The first-order valence-corrected chi connectivity index (χ1v) is 2.92. The Balaban J connectivity index is 2.86. The summed E-state index contributed by atoms with van der Waals surface area (Å²) in [5, 5.41) is 7.34. The summed E-state index contributed by atoms with van der Waals surface area (Å²) in [7, 11) is 0. The lowest BCUT2D eigenvalue weighted by atomic mass is 10.4. The molecule has 1 rings (SSSR count). The zero-order chi connectivity index (χ0) is 7.56. The third-order valence-electron chi connectivity index (χ3n) is 0.893. The summed E-state index contributed by atoms with van der Waals surface area (Å²) in [6, 6.07) is 0. The van der Waals surface area contributed by atoms with Gasteiger partial charge in [0.1, 0.15) is 0 Å². The Labute approximate surface area is 58.7 Å². The molecule has 0 aliphatic rings. The zero-order valence-electron chi connectivity index (χ0n) is 5.96. The van der Waals surface area contributed by atoms with E-state index in [-0.39, 0.29) is 0 Å². The monoisotopic (exact) mass is 139 g/mol. The first-order chi connectivity index (χ1) is 4.68. The minimum absolute atomic E-state index is 0.456. The molecule has 0 unspecified atom stereocenters. The maximum atomic E-state index is 5.37. The van der Waals surface area contributed by atoms with Crippen LogP contribution in [0.15, 0.2) is 10.1 Å². The van der Waals surface area contributed by atoms with Crippen LogP contribution in [0.3, 0.4) is 0 Å². The molecule has 1 heterocycles. The Morgan fingerprint density at radius 3 is 2.70 bits per heavy atom. The predicted molar refractivity (Wildman–Crippen MR) is 36.9 cm³/mol. The minimum atomic E-state index is 0.456. The van der Waals surface area contributed by atoms with Crippen molar-refractivity contribution >= 4 is 6.08 Å².